The zero-order chi connectivity index (χ0) is 30.0. The molecule has 0 radical (unpaired) electrons. The first-order chi connectivity index (χ1) is 20.7. The van der Waals surface area contributed by atoms with E-state index in [2.05, 4.69) is 26.9 Å². The number of ether oxygens (including phenoxy) is 1. The molecule has 5 heterocycles. The van der Waals surface area contributed by atoms with Gasteiger partial charge in [-0.1, -0.05) is 12.0 Å². The third kappa shape index (κ3) is 4.18. The number of alkyl halides is 1. The molecule has 43 heavy (non-hydrogen) atoms. The van der Waals surface area contributed by atoms with Gasteiger partial charge in [0.15, 0.2) is 5.82 Å². The molecule has 7 rings (SSSR count). The summed E-state index contributed by atoms with van der Waals surface area (Å²) in [6.45, 7) is 3.52. The van der Waals surface area contributed by atoms with Gasteiger partial charge in [-0.2, -0.15) is 15.2 Å². The Balaban J connectivity index is 1.42. The Morgan fingerprint density at radius 1 is 1.28 bits per heavy atom. The number of aryl methyl sites for hydroxylation is 1. The number of phenolic OH excluding ortho intramolecular Hbond substituents is 1. The minimum absolute atomic E-state index is 0.00889. The van der Waals surface area contributed by atoms with Crippen LogP contribution in [0.25, 0.3) is 33.0 Å². The van der Waals surface area contributed by atoms with Gasteiger partial charge in [-0.25, -0.2) is 13.6 Å². The maximum Gasteiger partial charge on any atom is 0.349 e. The number of benzene rings is 2. The highest BCUT2D eigenvalue weighted by Crippen LogP contribution is 2.42. The highest BCUT2D eigenvalue weighted by Gasteiger charge is 2.49. The molecule has 3 saturated heterocycles. The monoisotopic (exact) mass is 583 g/mol. The van der Waals surface area contributed by atoms with E-state index in [-0.39, 0.29) is 52.0 Å². The normalized spacial score (nSPS) is 23.2. The fraction of sp³-hybridized carbons (Fsp3) is 0.375. The van der Waals surface area contributed by atoms with Gasteiger partial charge in [-0.15, -0.1) is 6.42 Å². The van der Waals surface area contributed by atoms with Gasteiger partial charge in [-0.05, 0) is 56.3 Å². The molecule has 1 N–H and O–H groups in total. The van der Waals surface area contributed by atoms with Gasteiger partial charge in [-0.3, -0.25) is 4.90 Å². The lowest BCUT2D eigenvalue weighted by Crippen LogP contribution is -2.48. The van der Waals surface area contributed by atoms with Gasteiger partial charge >= 0.3 is 11.6 Å². The number of phenols is 1. The van der Waals surface area contributed by atoms with Crippen LogP contribution in [0.3, 0.4) is 0 Å². The standard InChI is InChI=1S/C32H27F2N5O4/c1-3-22-24(34)6-5-18-11-21(40)12-23(25(18)22)28-17(2)27-26(30(41)43-28)29(39-10-7-20(39)14-35)37-31(36-27)42-16-32-8-4-9-38(32)15-19(33)13-32/h1,5-6,11-12,19-20,40H,4,7-10,13,15-16H2,2H3/t19-,20+,32+/m1/s1. The number of terminal acetylenes is 1. The summed E-state index contributed by atoms with van der Waals surface area (Å²) >= 11 is 0. The first-order valence-corrected chi connectivity index (χ1v) is 14.2. The summed E-state index contributed by atoms with van der Waals surface area (Å²) in [7, 11) is 0. The van der Waals surface area contributed by atoms with E-state index in [9.17, 15) is 23.9 Å². The van der Waals surface area contributed by atoms with Gasteiger partial charge in [0.25, 0.3) is 0 Å². The van der Waals surface area contributed by atoms with Crippen molar-refractivity contribution in [3.05, 3.63) is 51.6 Å². The summed E-state index contributed by atoms with van der Waals surface area (Å²) in [5, 5.41) is 21.0. The number of hydrogen-bond donors (Lipinski definition) is 1. The molecule has 0 bridgehead atoms. The first-order valence-electron chi connectivity index (χ1n) is 14.2. The zero-order valence-electron chi connectivity index (χ0n) is 23.4. The van der Waals surface area contributed by atoms with Crippen LogP contribution in [-0.4, -0.2) is 64.0 Å². The summed E-state index contributed by atoms with van der Waals surface area (Å²) in [6.07, 6.45) is 7.44. The predicted octanol–water partition coefficient (Wildman–Crippen LogP) is 4.60. The van der Waals surface area contributed by atoms with E-state index in [0.717, 1.165) is 19.4 Å². The molecular weight excluding hydrogens is 556 g/mol. The van der Waals surface area contributed by atoms with Crippen molar-refractivity contribution in [3.8, 4) is 41.5 Å². The van der Waals surface area contributed by atoms with Crippen LogP contribution in [0.2, 0.25) is 0 Å². The number of rotatable bonds is 5. The number of nitriles is 1. The molecule has 3 aliphatic rings. The molecule has 0 amide bonds. The largest absolute Gasteiger partial charge is 0.508 e. The second kappa shape index (κ2) is 9.92. The molecule has 2 aromatic heterocycles. The molecule has 11 heteroatoms. The second-order valence-corrected chi connectivity index (χ2v) is 11.5. The summed E-state index contributed by atoms with van der Waals surface area (Å²) in [4.78, 5) is 26.7. The van der Waals surface area contributed by atoms with Crippen LogP contribution >= 0.6 is 0 Å². The van der Waals surface area contributed by atoms with Gasteiger partial charge in [0, 0.05) is 36.0 Å². The van der Waals surface area contributed by atoms with E-state index < -0.39 is 29.2 Å². The van der Waals surface area contributed by atoms with Crippen LogP contribution < -0.4 is 15.3 Å². The third-order valence-electron chi connectivity index (χ3n) is 9.08. The molecule has 0 saturated carbocycles. The average molecular weight is 584 g/mol. The Morgan fingerprint density at radius 3 is 2.86 bits per heavy atom. The van der Waals surface area contributed by atoms with Crippen molar-refractivity contribution in [3.63, 3.8) is 0 Å². The van der Waals surface area contributed by atoms with Gasteiger partial charge in [0.1, 0.15) is 41.5 Å². The molecule has 3 atom stereocenters. The zero-order valence-corrected chi connectivity index (χ0v) is 23.4. The Hall–Kier alpha value is -4.74. The summed E-state index contributed by atoms with van der Waals surface area (Å²) < 4.78 is 41.2. The Labute approximate surface area is 245 Å². The lowest BCUT2D eigenvalue weighted by molar-refractivity contribution is 0.107. The number of anilines is 1. The van der Waals surface area contributed by atoms with Gasteiger partial charge < -0.3 is 19.2 Å². The molecule has 0 unspecified atom stereocenters. The minimum Gasteiger partial charge on any atom is -0.508 e. The molecule has 218 valence electrons. The highest BCUT2D eigenvalue weighted by atomic mass is 19.1. The second-order valence-electron chi connectivity index (χ2n) is 11.5. The number of fused-ring (bicyclic) bond motifs is 3. The maximum atomic E-state index is 14.8. The maximum absolute atomic E-state index is 14.8. The number of hydrogen-bond acceptors (Lipinski definition) is 9. The molecule has 0 aliphatic carbocycles. The Bertz CT molecular complexity index is 1960. The molecule has 2 aromatic carbocycles. The fourth-order valence-corrected chi connectivity index (χ4v) is 6.91. The number of aromatic hydroxyl groups is 1. The summed E-state index contributed by atoms with van der Waals surface area (Å²) in [6, 6.07) is 7.23. The quantitative estimate of drug-likeness (QED) is 0.337. The van der Waals surface area contributed by atoms with Crippen LogP contribution in [0.4, 0.5) is 14.6 Å². The molecule has 9 nitrogen and oxygen atoms in total. The highest BCUT2D eigenvalue weighted by molar-refractivity contribution is 6.03. The average Bonchev–Trinajstić information content (AvgIpc) is 3.48. The number of halogens is 2. The lowest BCUT2D eigenvalue weighted by Gasteiger charge is -2.37. The van der Waals surface area contributed by atoms with E-state index in [0.29, 0.717) is 42.3 Å². The van der Waals surface area contributed by atoms with Crippen molar-refractivity contribution < 1.29 is 23.0 Å². The first kappa shape index (κ1) is 27.1. The summed E-state index contributed by atoms with van der Waals surface area (Å²) in [5.41, 5.74) is -0.409. The number of nitrogens with zero attached hydrogens (tertiary/aromatic N) is 5. The Kier molecular flexibility index (Phi) is 6.26. The minimum atomic E-state index is -0.932. The van der Waals surface area contributed by atoms with E-state index in [1.807, 2.05) is 0 Å². The van der Waals surface area contributed by atoms with E-state index >= 15 is 0 Å². The van der Waals surface area contributed by atoms with Crippen molar-refractivity contribution in [1.29, 1.82) is 5.26 Å². The van der Waals surface area contributed by atoms with Crippen molar-refractivity contribution >= 4 is 27.5 Å². The van der Waals surface area contributed by atoms with Crippen LogP contribution in [0.5, 0.6) is 11.8 Å². The van der Waals surface area contributed by atoms with Gasteiger partial charge in [0.05, 0.1) is 22.7 Å². The molecule has 4 aromatic rings. The topological polar surface area (TPSA) is 116 Å². The predicted molar refractivity (Wildman–Crippen MR) is 155 cm³/mol. The third-order valence-corrected chi connectivity index (χ3v) is 9.08. The smallest absolute Gasteiger partial charge is 0.349 e. The Morgan fingerprint density at radius 2 is 2.12 bits per heavy atom. The van der Waals surface area contributed by atoms with Crippen LogP contribution in [0, 0.1) is 36.4 Å². The molecule has 3 aliphatic heterocycles. The molecule has 3 fully saturated rings. The molecule has 0 spiro atoms. The fourth-order valence-electron chi connectivity index (χ4n) is 6.91. The van der Waals surface area contributed by atoms with E-state index in [4.69, 9.17) is 15.6 Å². The van der Waals surface area contributed by atoms with Crippen molar-refractivity contribution in [2.75, 3.05) is 31.1 Å². The van der Waals surface area contributed by atoms with Crippen molar-refractivity contribution in [2.45, 2.75) is 50.4 Å². The van der Waals surface area contributed by atoms with E-state index in [1.54, 1.807) is 11.8 Å². The van der Waals surface area contributed by atoms with E-state index in [1.165, 1.54) is 24.3 Å². The SMILES string of the molecule is C#Cc1c(F)ccc2cc(O)cc(-c3oc(=O)c4c(N5CC[C@H]5C#N)nc(OC[C@@]56CCCN5C[C@H](F)C6)nc4c3C)c12. The lowest BCUT2D eigenvalue weighted by atomic mass is 9.94. The summed E-state index contributed by atoms with van der Waals surface area (Å²) in [5.74, 6) is 1.87. The van der Waals surface area contributed by atoms with Crippen LogP contribution in [0.1, 0.15) is 36.8 Å². The van der Waals surface area contributed by atoms with Crippen molar-refractivity contribution in [2.24, 2.45) is 0 Å². The van der Waals surface area contributed by atoms with Crippen LogP contribution in [0.15, 0.2) is 33.5 Å². The van der Waals surface area contributed by atoms with Crippen molar-refractivity contribution in [1.82, 2.24) is 14.9 Å². The molecular formula is C32H27F2N5O4. The number of aromatic nitrogens is 2. The van der Waals surface area contributed by atoms with Gasteiger partial charge in [0.2, 0.25) is 0 Å². The van der Waals surface area contributed by atoms with Crippen LogP contribution in [-0.2, 0) is 0 Å².